The molecule has 101 heavy (non-hydrogen) atoms. The smallest absolute Gasteiger partial charge is 0.462 e. The van der Waals surface area contributed by atoms with Crippen molar-refractivity contribution >= 4 is 39.5 Å². The molecule has 0 amide bonds. The summed E-state index contributed by atoms with van der Waals surface area (Å²) in [7, 11) is -9.92. The Morgan fingerprint density at radius 3 is 0.673 bits per heavy atom. The molecule has 0 aromatic heterocycles. The lowest BCUT2D eigenvalue weighted by Gasteiger charge is -2.21. The minimum absolute atomic E-state index is 0.107. The van der Waals surface area contributed by atoms with Gasteiger partial charge in [-0.25, -0.2) is 9.13 Å². The quantitative estimate of drug-likeness (QED) is 0.0222. The second kappa shape index (κ2) is 72.3. The summed E-state index contributed by atoms with van der Waals surface area (Å²) in [6.07, 6.45) is 61.0. The van der Waals surface area contributed by atoms with E-state index in [9.17, 15) is 43.2 Å². The van der Waals surface area contributed by atoms with Crippen molar-refractivity contribution in [3.05, 3.63) is 0 Å². The van der Waals surface area contributed by atoms with Gasteiger partial charge in [0, 0.05) is 25.7 Å². The van der Waals surface area contributed by atoms with Crippen LogP contribution in [0.2, 0.25) is 0 Å². The monoisotopic (exact) mass is 1480 g/mol. The zero-order valence-corrected chi connectivity index (χ0v) is 68.2. The molecule has 0 aliphatic rings. The first kappa shape index (κ1) is 99.1. The number of hydrogen-bond acceptors (Lipinski definition) is 15. The highest BCUT2D eigenvalue weighted by molar-refractivity contribution is 7.47. The Balaban J connectivity index is 5.24. The van der Waals surface area contributed by atoms with Crippen molar-refractivity contribution in [2.45, 2.75) is 446 Å². The van der Waals surface area contributed by atoms with Gasteiger partial charge in [-0.2, -0.15) is 0 Å². The maximum atomic E-state index is 13.1. The van der Waals surface area contributed by atoms with Crippen LogP contribution in [0.5, 0.6) is 0 Å². The average molecular weight is 1480 g/mol. The van der Waals surface area contributed by atoms with Gasteiger partial charge >= 0.3 is 39.5 Å². The molecular formula is C82H160O17P2. The van der Waals surface area contributed by atoms with Crippen LogP contribution in [0.1, 0.15) is 427 Å². The van der Waals surface area contributed by atoms with Crippen molar-refractivity contribution in [2.24, 2.45) is 17.8 Å². The number of hydrogen-bond donors (Lipinski definition) is 3. The molecule has 0 rings (SSSR count). The van der Waals surface area contributed by atoms with Crippen molar-refractivity contribution in [1.29, 1.82) is 0 Å². The highest BCUT2D eigenvalue weighted by atomic mass is 31.2. The Morgan fingerprint density at radius 2 is 0.455 bits per heavy atom. The van der Waals surface area contributed by atoms with E-state index in [2.05, 4.69) is 48.5 Å². The molecule has 0 spiro atoms. The molecule has 19 heteroatoms. The van der Waals surface area contributed by atoms with Crippen LogP contribution in [0.4, 0.5) is 0 Å². The maximum absolute atomic E-state index is 13.1. The normalized spacial score (nSPS) is 14.0. The largest absolute Gasteiger partial charge is 0.472 e. The minimum Gasteiger partial charge on any atom is -0.462 e. The van der Waals surface area contributed by atoms with Crippen LogP contribution in [-0.4, -0.2) is 96.7 Å². The van der Waals surface area contributed by atoms with E-state index in [1.165, 1.54) is 238 Å². The number of aliphatic hydroxyl groups excluding tert-OH is 1. The first-order valence-electron chi connectivity index (χ1n) is 42.3. The summed E-state index contributed by atoms with van der Waals surface area (Å²) in [5.74, 6) is 0.233. The van der Waals surface area contributed by atoms with Gasteiger partial charge in [0.15, 0.2) is 12.2 Å². The third kappa shape index (κ3) is 76.1. The molecule has 0 aromatic rings. The van der Waals surface area contributed by atoms with E-state index < -0.39 is 97.5 Å². The van der Waals surface area contributed by atoms with Gasteiger partial charge in [0.05, 0.1) is 26.4 Å². The van der Waals surface area contributed by atoms with Crippen molar-refractivity contribution in [3.63, 3.8) is 0 Å². The fourth-order valence-corrected chi connectivity index (χ4v) is 14.2. The summed E-state index contributed by atoms with van der Waals surface area (Å²) in [5.41, 5.74) is 0. The van der Waals surface area contributed by atoms with Crippen LogP contribution >= 0.6 is 15.6 Å². The molecule has 0 aromatic carbocycles. The molecule has 0 saturated heterocycles. The van der Waals surface area contributed by atoms with Crippen LogP contribution in [0, 0.1) is 17.8 Å². The SMILES string of the molecule is CCCCCCCCCCCCCCCC(=O)O[C@H](COC(=O)CCCCCCCCCCC(C)C)COP(=O)(O)OC[C@H](O)COP(=O)(O)OC[C@@H](COC(=O)CCCCCCCCCCCCCCCCCC(C)C)OC(=O)CCCCCCCCCCCCCCCCCCC(C)C. The fourth-order valence-electron chi connectivity index (χ4n) is 12.7. The summed E-state index contributed by atoms with van der Waals surface area (Å²) < 4.78 is 68.8. The number of phosphoric acid groups is 2. The van der Waals surface area contributed by atoms with Gasteiger partial charge < -0.3 is 33.8 Å². The standard InChI is InChI=1S/C82H160O17P2/c1-8-9-10-11-12-13-14-22-30-35-44-51-58-65-81(86)99-78(70-93-80(85)64-57-50-43-38-37-41-48-55-62-75(6)7)72-97-101(90,91)95-68-76(83)67-94-100(88,89)96-71-77(69-92-79(84)63-56-49-42-34-29-25-21-17-19-24-28-33-40-47-54-61-74(4)5)98-82(87)66-59-52-45-36-31-26-20-16-15-18-23-27-32-39-46-53-60-73(2)3/h73-78,83H,8-72H2,1-7H3,(H,88,89)(H,90,91)/t76-,77-,78-/m1/s1. The van der Waals surface area contributed by atoms with Gasteiger partial charge in [-0.3, -0.25) is 37.3 Å². The highest BCUT2D eigenvalue weighted by Crippen LogP contribution is 2.45. The first-order chi connectivity index (χ1) is 48.7. The number of ether oxygens (including phenoxy) is 4. The molecule has 17 nitrogen and oxygen atoms in total. The predicted molar refractivity (Wildman–Crippen MR) is 414 cm³/mol. The van der Waals surface area contributed by atoms with Gasteiger partial charge in [0.2, 0.25) is 0 Å². The molecule has 0 fully saturated rings. The van der Waals surface area contributed by atoms with Crippen molar-refractivity contribution in [2.75, 3.05) is 39.6 Å². The summed E-state index contributed by atoms with van der Waals surface area (Å²) >= 11 is 0. The van der Waals surface area contributed by atoms with Crippen LogP contribution in [-0.2, 0) is 65.4 Å². The molecule has 0 aliphatic carbocycles. The topological polar surface area (TPSA) is 237 Å². The number of aliphatic hydroxyl groups is 1. The number of esters is 4. The molecule has 0 aliphatic heterocycles. The Kier molecular flexibility index (Phi) is 70.9. The number of carbonyl (C=O) groups excluding carboxylic acids is 4. The van der Waals surface area contributed by atoms with E-state index in [1.807, 2.05) is 0 Å². The average Bonchev–Trinajstić information content (AvgIpc) is 0.920. The predicted octanol–water partition coefficient (Wildman–Crippen LogP) is 24.5. The van der Waals surface area contributed by atoms with Crippen LogP contribution < -0.4 is 0 Å². The van der Waals surface area contributed by atoms with Gasteiger partial charge in [-0.15, -0.1) is 0 Å². The zero-order valence-electron chi connectivity index (χ0n) is 66.4. The van der Waals surface area contributed by atoms with E-state index in [-0.39, 0.29) is 25.7 Å². The third-order valence-electron chi connectivity index (χ3n) is 19.1. The van der Waals surface area contributed by atoms with Gasteiger partial charge in [-0.1, -0.05) is 376 Å². The molecule has 0 radical (unpaired) electrons. The Labute approximate surface area is 619 Å². The second-order valence-corrected chi connectivity index (χ2v) is 33.8. The zero-order chi connectivity index (χ0) is 74.4. The van der Waals surface area contributed by atoms with Gasteiger partial charge in [0.25, 0.3) is 0 Å². The summed E-state index contributed by atoms with van der Waals surface area (Å²) in [6, 6.07) is 0. The first-order valence-corrected chi connectivity index (χ1v) is 45.3. The maximum Gasteiger partial charge on any atom is 0.472 e. The van der Waals surface area contributed by atoms with Crippen LogP contribution in [0.3, 0.4) is 0 Å². The molecule has 5 atom stereocenters. The molecule has 0 bridgehead atoms. The van der Waals surface area contributed by atoms with Gasteiger partial charge in [0.1, 0.15) is 19.3 Å². The lowest BCUT2D eigenvalue weighted by atomic mass is 10.0. The van der Waals surface area contributed by atoms with Crippen molar-refractivity contribution in [1.82, 2.24) is 0 Å². The van der Waals surface area contributed by atoms with Crippen LogP contribution in [0.15, 0.2) is 0 Å². The Hall–Kier alpha value is -1.94. The molecule has 0 saturated carbocycles. The minimum atomic E-state index is -4.96. The number of rotatable bonds is 80. The summed E-state index contributed by atoms with van der Waals surface area (Å²) in [5, 5.41) is 10.6. The molecule has 0 heterocycles. The number of unbranched alkanes of at least 4 members (excludes halogenated alkanes) is 48. The number of phosphoric ester groups is 2. The molecule has 600 valence electrons. The van der Waals surface area contributed by atoms with Crippen LogP contribution in [0.25, 0.3) is 0 Å². The second-order valence-electron chi connectivity index (χ2n) is 30.9. The van der Waals surface area contributed by atoms with Crippen molar-refractivity contribution < 1.29 is 80.2 Å². The fraction of sp³-hybridized carbons (Fsp3) is 0.951. The number of carbonyl (C=O) groups is 4. The van der Waals surface area contributed by atoms with E-state index >= 15 is 0 Å². The highest BCUT2D eigenvalue weighted by Gasteiger charge is 2.30. The third-order valence-corrected chi connectivity index (χ3v) is 21.0. The summed E-state index contributed by atoms with van der Waals surface area (Å²) in [4.78, 5) is 73.1. The lowest BCUT2D eigenvalue weighted by Crippen LogP contribution is -2.30. The van der Waals surface area contributed by atoms with Crippen molar-refractivity contribution in [3.8, 4) is 0 Å². The van der Waals surface area contributed by atoms with E-state index in [1.54, 1.807) is 0 Å². The lowest BCUT2D eigenvalue weighted by molar-refractivity contribution is -0.161. The molecular weight excluding hydrogens is 1320 g/mol. The summed E-state index contributed by atoms with van der Waals surface area (Å²) in [6.45, 7) is 12.0. The molecule has 2 unspecified atom stereocenters. The van der Waals surface area contributed by atoms with E-state index in [0.717, 1.165) is 108 Å². The Bertz CT molecular complexity index is 1960. The Morgan fingerprint density at radius 1 is 0.267 bits per heavy atom. The molecule has 3 N–H and O–H groups in total. The van der Waals surface area contributed by atoms with E-state index in [4.69, 9.17) is 37.0 Å². The van der Waals surface area contributed by atoms with E-state index in [0.29, 0.717) is 25.7 Å². The van der Waals surface area contributed by atoms with Gasteiger partial charge in [-0.05, 0) is 43.4 Å².